The van der Waals surface area contributed by atoms with Crippen molar-refractivity contribution < 1.29 is 9.53 Å². The number of nitrogens with one attached hydrogen (secondary N) is 1. The van der Waals surface area contributed by atoms with E-state index in [9.17, 15) is 14.9 Å². The lowest BCUT2D eigenvalue weighted by Gasteiger charge is -2.37. The molecule has 1 aliphatic heterocycles. The Morgan fingerprint density at radius 1 is 1.22 bits per heavy atom. The third-order valence-corrected chi connectivity index (χ3v) is 6.30. The maximum atomic E-state index is 13.6. The summed E-state index contributed by atoms with van der Waals surface area (Å²) in [5, 5.41) is 13.0. The second-order valence-electron chi connectivity index (χ2n) is 8.41. The van der Waals surface area contributed by atoms with Crippen molar-refractivity contribution in [2.24, 2.45) is 0 Å². The number of piperazine rings is 1. The van der Waals surface area contributed by atoms with Crippen LogP contribution in [-0.4, -0.2) is 61.7 Å². The van der Waals surface area contributed by atoms with E-state index in [1.165, 1.54) is 17.6 Å². The summed E-state index contributed by atoms with van der Waals surface area (Å²) in [4.78, 5) is 35.2. The molecule has 1 aromatic carbocycles. The number of hydrogen-bond donors (Lipinski definition) is 1. The number of rotatable bonds is 7. The molecule has 1 amide bonds. The highest BCUT2D eigenvalue weighted by Gasteiger charge is 2.24. The molecule has 1 aliphatic rings. The zero-order valence-corrected chi connectivity index (χ0v) is 21.0. The molecular formula is C26H27ClN6O3. The zero-order chi connectivity index (χ0) is 25.7. The summed E-state index contributed by atoms with van der Waals surface area (Å²) in [6.45, 7) is 5.05. The van der Waals surface area contributed by atoms with Crippen LogP contribution in [0.4, 0.5) is 11.5 Å². The van der Waals surface area contributed by atoms with Crippen molar-refractivity contribution in [3.8, 4) is 6.07 Å². The maximum Gasteiger partial charge on any atom is 0.267 e. The molecule has 0 aliphatic carbocycles. The van der Waals surface area contributed by atoms with Crippen molar-refractivity contribution in [2.45, 2.75) is 6.92 Å². The number of amides is 1. The van der Waals surface area contributed by atoms with Crippen molar-refractivity contribution in [3.05, 3.63) is 74.7 Å². The fraction of sp³-hybridized carbons (Fsp3) is 0.308. The molecule has 0 bridgehead atoms. The second kappa shape index (κ2) is 11.2. The molecule has 36 heavy (non-hydrogen) atoms. The topological polar surface area (TPSA) is 103 Å². The van der Waals surface area contributed by atoms with E-state index in [1.54, 1.807) is 12.3 Å². The van der Waals surface area contributed by atoms with Gasteiger partial charge < -0.3 is 19.9 Å². The highest BCUT2D eigenvalue weighted by atomic mass is 35.5. The molecule has 1 saturated heterocycles. The van der Waals surface area contributed by atoms with Gasteiger partial charge in [0.05, 0.1) is 12.2 Å². The van der Waals surface area contributed by atoms with Crippen LogP contribution in [-0.2, 0) is 9.53 Å². The molecule has 10 heteroatoms. The van der Waals surface area contributed by atoms with Crippen LogP contribution < -0.4 is 20.7 Å². The summed E-state index contributed by atoms with van der Waals surface area (Å²) >= 11 is 6.17. The summed E-state index contributed by atoms with van der Waals surface area (Å²) < 4.78 is 6.40. The SMILES string of the molecule is COCCNC(=O)C(C#N)=Cc1c(N2CCN(c3cccc(Cl)c3)CC2)nc2c(C)cccn2c1=O. The van der Waals surface area contributed by atoms with E-state index in [0.717, 1.165) is 11.3 Å². The number of fused-ring (bicyclic) bond motifs is 1. The molecule has 0 spiro atoms. The predicted octanol–water partition coefficient (Wildman–Crippen LogP) is 2.65. The van der Waals surface area contributed by atoms with Crippen LogP contribution in [0.25, 0.3) is 11.7 Å². The van der Waals surface area contributed by atoms with Crippen LogP contribution in [0.15, 0.2) is 53.0 Å². The number of nitrogens with zero attached hydrogens (tertiary/aromatic N) is 5. The average Bonchev–Trinajstić information content (AvgIpc) is 2.89. The minimum Gasteiger partial charge on any atom is -0.383 e. The summed E-state index contributed by atoms with van der Waals surface area (Å²) in [6.07, 6.45) is 2.98. The van der Waals surface area contributed by atoms with E-state index < -0.39 is 5.91 Å². The molecule has 4 rings (SSSR count). The summed E-state index contributed by atoms with van der Waals surface area (Å²) in [5.74, 6) is -0.113. The first kappa shape index (κ1) is 25.2. The molecule has 0 radical (unpaired) electrons. The number of benzene rings is 1. The van der Waals surface area contributed by atoms with Gasteiger partial charge in [-0.3, -0.25) is 14.0 Å². The fourth-order valence-corrected chi connectivity index (χ4v) is 4.36. The van der Waals surface area contributed by atoms with Crippen molar-refractivity contribution >= 4 is 40.7 Å². The van der Waals surface area contributed by atoms with E-state index in [4.69, 9.17) is 21.3 Å². The average molecular weight is 507 g/mol. The molecule has 0 saturated carbocycles. The zero-order valence-electron chi connectivity index (χ0n) is 20.2. The van der Waals surface area contributed by atoms with Gasteiger partial charge in [-0.15, -0.1) is 0 Å². The standard InChI is InChI=1S/C26H27ClN6O3/c1-18-5-4-9-33-23(18)30-24(22(26(33)35)15-19(17-28)25(34)29-8-14-36-2)32-12-10-31(11-13-32)21-7-3-6-20(27)16-21/h3-7,9,15-16H,8,10-14H2,1-2H3,(H,29,34). The van der Waals surface area contributed by atoms with Crippen LogP contribution in [0.5, 0.6) is 0 Å². The molecule has 186 valence electrons. The number of ether oxygens (including phenoxy) is 1. The number of aryl methyl sites for hydroxylation is 1. The van der Waals surface area contributed by atoms with Crippen LogP contribution in [0.3, 0.4) is 0 Å². The monoisotopic (exact) mass is 506 g/mol. The van der Waals surface area contributed by atoms with Crippen LogP contribution in [0, 0.1) is 18.3 Å². The van der Waals surface area contributed by atoms with Crippen molar-refractivity contribution in [2.75, 3.05) is 56.2 Å². The second-order valence-corrected chi connectivity index (χ2v) is 8.85. The Balaban J connectivity index is 1.72. The molecule has 0 atom stereocenters. The number of carbonyl (C=O) groups excluding carboxylic acids is 1. The van der Waals surface area contributed by atoms with Gasteiger partial charge in [0.2, 0.25) is 0 Å². The summed E-state index contributed by atoms with van der Waals surface area (Å²) in [6, 6.07) is 13.3. The van der Waals surface area contributed by atoms with E-state index in [2.05, 4.69) is 10.2 Å². The number of hydrogen-bond acceptors (Lipinski definition) is 7. The number of nitriles is 1. The van der Waals surface area contributed by atoms with Gasteiger partial charge in [-0.05, 0) is 42.8 Å². The van der Waals surface area contributed by atoms with Crippen molar-refractivity contribution in [1.82, 2.24) is 14.7 Å². The Bertz CT molecular complexity index is 1400. The van der Waals surface area contributed by atoms with Gasteiger partial charge in [-0.2, -0.15) is 5.26 Å². The van der Waals surface area contributed by atoms with E-state index in [1.807, 2.05) is 48.2 Å². The Morgan fingerprint density at radius 3 is 2.67 bits per heavy atom. The minimum atomic E-state index is -0.569. The molecular weight excluding hydrogens is 480 g/mol. The van der Waals surface area contributed by atoms with Crippen LogP contribution in [0.2, 0.25) is 5.02 Å². The molecule has 1 fully saturated rings. The Kier molecular flexibility index (Phi) is 7.88. The molecule has 3 heterocycles. The van der Waals surface area contributed by atoms with E-state index in [-0.39, 0.29) is 23.2 Å². The number of carbonyl (C=O) groups is 1. The molecule has 2 aromatic heterocycles. The Hall–Kier alpha value is -3.87. The fourth-order valence-electron chi connectivity index (χ4n) is 4.17. The van der Waals surface area contributed by atoms with Gasteiger partial charge in [0.15, 0.2) is 0 Å². The van der Waals surface area contributed by atoms with Crippen molar-refractivity contribution in [3.63, 3.8) is 0 Å². The third-order valence-electron chi connectivity index (χ3n) is 6.06. The first-order valence-corrected chi connectivity index (χ1v) is 12.0. The summed E-state index contributed by atoms with van der Waals surface area (Å²) in [7, 11) is 1.52. The third kappa shape index (κ3) is 5.35. The first-order chi connectivity index (χ1) is 17.4. The van der Waals surface area contributed by atoms with Gasteiger partial charge in [0.1, 0.15) is 23.1 Å². The largest absolute Gasteiger partial charge is 0.383 e. The number of halogens is 1. The normalized spacial score (nSPS) is 14.1. The minimum absolute atomic E-state index is 0.170. The highest BCUT2D eigenvalue weighted by Crippen LogP contribution is 2.25. The predicted molar refractivity (Wildman–Crippen MR) is 141 cm³/mol. The lowest BCUT2D eigenvalue weighted by Crippen LogP contribution is -2.47. The van der Waals surface area contributed by atoms with Crippen LogP contribution in [0.1, 0.15) is 11.1 Å². The summed E-state index contributed by atoms with van der Waals surface area (Å²) in [5.41, 5.74) is 2.11. The number of anilines is 2. The number of methoxy groups -OCH3 is 1. The smallest absolute Gasteiger partial charge is 0.267 e. The molecule has 3 aromatic rings. The van der Waals surface area contributed by atoms with Gasteiger partial charge in [-0.1, -0.05) is 23.7 Å². The quantitative estimate of drug-likeness (QED) is 0.298. The Labute approximate surface area is 214 Å². The Morgan fingerprint density at radius 2 is 1.97 bits per heavy atom. The number of pyridine rings is 1. The lowest BCUT2D eigenvalue weighted by molar-refractivity contribution is -0.117. The lowest BCUT2D eigenvalue weighted by atomic mass is 10.1. The molecule has 9 nitrogen and oxygen atoms in total. The first-order valence-electron chi connectivity index (χ1n) is 11.6. The number of aromatic nitrogens is 2. The van der Waals surface area contributed by atoms with E-state index in [0.29, 0.717) is 49.3 Å². The van der Waals surface area contributed by atoms with Gasteiger partial charge >= 0.3 is 0 Å². The van der Waals surface area contributed by atoms with E-state index >= 15 is 0 Å². The van der Waals surface area contributed by atoms with Crippen LogP contribution >= 0.6 is 11.6 Å². The highest BCUT2D eigenvalue weighted by molar-refractivity contribution is 6.30. The van der Waals surface area contributed by atoms with Crippen molar-refractivity contribution in [1.29, 1.82) is 5.26 Å². The maximum absolute atomic E-state index is 13.6. The van der Waals surface area contributed by atoms with Gasteiger partial charge in [0, 0.05) is 56.7 Å². The van der Waals surface area contributed by atoms with Gasteiger partial charge in [0.25, 0.3) is 11.5 Å². The van der Waals surface area contributed by atoms with Gasteiger partial charge in [-0.25, -0.2) is 4.98 Å². The molecule has 1 N–H and O–H groups in total. The molecule has 0 unspecified atom stereocenters.